The Labute approximate surface area is 89.5 Å². The Bertz CT molecular complexity index is 404. The molecule has 0 fully saturated rings. The summed E-state index contributed by atoms with van der Waals surface area (Å²) < 4.78 is 43.5. The van der Waals surface area contributed by atoms with Crippen LogP contribution in [0.1, 0.15) is 5.56 Å². The van der Waals surface area contributed by atoms with Crippen molar-refractivity contribution in [3.05, 3.63) is 29.6 Å². The van der Waals surface area contributed by atoms with Crippen molar-refractivity contribution in [1.82, 2.24) is 0 Å². The standard InChI is InChI=1S/C10H9F3O3/c1-16-8-6(3-2-4-7(8)11)5-10(12,13)9(14)15/h2-4H,5H2,1H3,(H,14,15). The number of methoxy groups -OCH3 is 1. The first-order valence-electron chi connectivity index (χ1n) is 4.31. The number of carboxylic acids is 1. The molecule has 88 valence electrons. The molecule has 16 heavy (non-hydrogen) atoms. The minimum Gasteiger partial charge on any atom is -0.493 e. The molecule has 0 saturated heterocycles. The lowest BCUT2D eigenvalue weighted by atomic mass is 10.1. The van der Waals surface area contributed by atoms with Crippen molar-refractivity contribution in [2.75, 3.05) is 7.11 Å². The number of carboxylic acid groups (broad SMARTS) is 1. The van der Waals surface area contributed by atoms with Crippen LogP contribution in [0.3, 0.4) is 0 Å². The largest absolute Gasteiger partial charge is 0.493 e. The molecule has 0 aliphatic heterocycles. The summed E-state index contributed by atoms with van der Waals surface area (Å²) in [5.74, 6) is -7.36. The van der Waals surface area contributed by atoms with Crippen molar-refractivity contribution >= 4 is 5.97 Å². The van der Waals surface area contributed by atoms with Crippen LogP contribution in [0.5, 0.6) is 5.75 Å². The number of benzene rings is 1. The summed E-state index contributed by atoms with van der Waals surface area (Å²) in [4.78, 5) is 10.2. The molecule has 0 aliphatic rings. The molecule has 0 heterocycles. The van der Waals surface area contributed by atoms with Crippen LogP contribution in [0.2, 0.25) is 0 Å². The van der Waals surface area contributed by atoms with Crippen molar-refractivity contribution in [1.29, 1.82) is 0 Å². The molecule has 1 aromatic carbocycles. The average molecular weight is 234 g/mol. The van der Waals surface area contributed by atoms with Gasteiger partial charge in [0.25, 0.3) is 0 Å². The topological polar surface area (TPSA) is 46.5 Å². The highest BCUT2D eigenvalue weighted by Gasteiger charge is 2.39. The lowest BCUT2D eigenvalue weighted by molar-refractivity contribution is -0.164. The van der Waals surface area contributed by atoms with Crippen LogP contribution < -0.4 is 4.74 Å². The van der Waals surface area contributed by atoms with Crippen LogP contribution in [0.4, 0.5) is 13.2 Å². The maximum absolute atomic E-state index is 13.1. The molecule has 1 N–H and O–H groups in total. The number of hydrogen-bond acceptors (Lipinski definition) is 2. The minimum atomic E-state index is -3.94. The molecule has 1 rings (SSSR count). The lowest BCUT2D eigenvalue weighted by Crippen LogP contribution is -2.30. The fourth-order valence-electron chi connectivity index (χ4n) is 1.24. The number of aliphatic carboxylic acids is 1. The predicted octanol–water partition coefficient (Wildman–Crippen LogP) is 2.10. The normalized spacial score (nSPS) is 11.2. The molecule has 0 radical (unpaired) electrons. The monoisotopic (exact) mass is 234 g/mol. The number of halogens is 3. The van der Waals surface area contributed by atoms with Gasteiger partial charge >= 0.3 is 11.9 Å². The van der Waals surface area contributed by atoms with Crippen LogP contribution in [0.15, 0.2) is 18.2 Å². The SMILES string of the molecule is COc1c(F)cccc1CC(F)(F)C(=O)O. The average Bonchev–Trinajstić information content (AvgIpc) is 2.17. The summed E-state index contributed by atoms with van der Waals surface area (Å²) in [6, 6.07) is 3.45. The van der Waals surface area contributed by atoms with E-state index in [1.165, 1.54) is 12.1 Å². The second-order valence-electron chi connectivity index (χ2n) is 3.12. The molecular weight excluding hydrogens is 225 g/mol. The molecule has 0 spiro atoms. The Morgan fingerprint density at radius 1 is 1.50 bits per heavy atom. The third-order valence-corrected chi connectivity index (χ3v) is 1.98. The quantitative estimate of drug-likeness (QED) is 0.867. The summed E-state index contributed by atoms with van der Waals surface area (Å²) in [7, 11) is 1.13. The van der Waals surface area contributed by atoms with Gasteiger partial charge in [-0.1, -0.05) is 12.1 Å². The molecule has 0 aromatic heterocycles. The molecule has 0 bridgehead atoms. The molecule has 0 amide bonds. The highest BCUT2D eigenvalue weighted by Crippen LogP contribution is 2.28. The van der Waals surface area contributed by atoms with E-state index >= 15 is 0 Å². The number of para-hydroxylation sites is 1. The van der Waals surface area contributed by atoms with Crippen molar-refractivity contribution < 1.29 is 27.8 Å². The fraction of sp³-hybridized carbons (Fsp3) is 0.300. The van der Waals surface area contributed by atoms with Crippen LogP contribution in [-0.4, -0.2) is 24.1 Å². The zero-order valence-electron chi connectivity index (χ0n) is 8.34. The summed E-state index contributed by atoms with van der Waals surface area (Å²) >= 11 is 0. The fourth-order valence-corrected chi connectivity index (χ4v) is 1.24. The highest BCUT2D eigenvalue weighted by atomic mass is 19.3. The van der Waals surface area contributed by atoms with E-state index in [0.29, 0.717) is 0 Å². The first-order valence-corrected chi connectivity index (χ1v) is 4.31. The number of hydrogen-bond donors (Lipinski definition) is 1. The Balaban J connectivity index is 3.06. The van der Waals surface area contributed by atoms with E-state index in [9.17, 15) is 18.0 Å². The summed E-state index contributed by atoms with van der Waals surface area (Å²) in [5.41, 5.74) is -0.185. The van der Waals surface area contributed by atoms with Gasteiger partial charge in [-0.2, -0.15) is 8.78 Å². The predicted molar refractivity (Wildman–Crippen MR) is 49.2 cm³/mol. The van der Waals surface area contributed by atoms with Gasteiger partial charge in [0.05, 0.1) is 13.5 Å². The van der Waals surface area contributed by atoms with E-state index in [2.05, 4.69) is 4.74 Å². The van der Waals surface area contributed by atoms with E-state index in [-0.39, 0.29) is 11.3 Å². The van der Waals surface area contributed by atoms with Gasteiger partial charge in [-0.05, 0) is 6.07 Å². The maximum atomic E-state index is 13.1. The Kier molecular flexibility index (Phi) is 3.41. The van der Waals surface area contributed by atoms with Gasteiger partial charge in [-0.25, -0.2) is 9.18 Å². The van der Waals surface area contributed by atoms with Crippen LogP contribution in [-0.2, 0) is 11.2 Å². The summed E-state index contributed by atoms with van der Waals surface area (Å²) in [5, 5.41) is 8.25. The second kappa shape index (κ2) is 4.42. The molecule has 0 aliphatic carbocycles. The molecular formula is C10H9F3O3. The molecule has 1 aromatic rings. The van der Waals surface area contributed by atoms with Crippen LogP contribution >= 0.6 is 0 Å². The van der Waals surface area contributed by atoms with E-state index < -0.39 is 24.1 Å². The minimum absolute atomic E-state index is 0.185. The highest BCUT2D eigenvalue weighted by molar-refractivity contribution is 5.75. The first kappa shape index (κ1) is 12.4. The number of ether oxygens (including phenoxy) is 1. The summed E-state index contributed by atoms with van der Waals surface area (Å²) in [6.07, 6.45) is -1.11. The van der Waals surface area contributed by atoms with Gasteiger partial charge in [0.1, 0.15) is 0 Å². The van der Waals surface area contributed by atoms with Crippen molar-refractivity contribution in [3.8, 4) is 5.75 Å². The molecule has 0 atom stereocenters. The van der Waals surface area contributed by atoms with E-state index in [1.54, 1.807) is 0 Å². The van der Waals surface area contributed by atoms with Gasteiger partial charge in [0.15, 0.2) is 11.6 Å². The van der Waals surface area contributed by atoms with Crippen molar-refractivity contribution in [3.63, 3.8) is 0 Å². The molecule has 3 nitrogen and oxygen atoms in total. The first-order chi connectivity index (χ1) is 7.38. The third-order valence-electron chi connectivity index (χ3n) is 1.98. The van der Waals surface area contributed by atoms with E-state index in [4.69, 9.17) is 5.11 Å². The Hall–Kier alpha value is -1.72. The van der Waals surface area contributed by atoms with E-state index in [1.807, 2.05) is 0 Å². The maximum Gasteiger partial charge on any atom is 0.374 e. The van der Waals surface area contributed by atoms with Crippen molar-refractivity contribution in [2.24, 2.45) is 0 Å². The third kappa shape index (κ3) is 2.44. The number of carbonyl (C=O) groups is 1. The molecule has 0 unspecified atom stereocenters. The van der Waals surface area contributed by atoms with Gasteiger partial charge in [-0.3, -0.25) is 0 Å². The zero-order valence-corrected chi connectivity index (χ0v) is 8.34. The second-order valence-corrected chi connectivity index (χ2v) is 3.12. The van der Waals surface area contributed by atoms with E-state index in [0.717, 1.165) is 13.2 Å². The van der Waals surface area contributed by atoms with Gasteiger partial charge in [0.2, 0.25) is 0 Å². The molecule has 0 saturated carbocycles. The summed E-state index contributed by atoms with van der Waals surface area (Å²) in [6.45, 7) is 0. The van der Waals surface area contributed by atoms with Crippen LogP contribution in [0, 0.1) is 5.82 Å². The van der Waals surface area contributed by atoms with Gasteiger partial charge in [0, 0.05) is 5.56 Å². The number of alkyl halides is 2. The lowest BCUT2D eigenvalue weighted by Gasteiger charge is -2.14. The Morgan fingerprint density at radius 3 is 2.62 bits per heavy atom. The zero-order chi connectivity index (χ0) is 12.3. The smallest absolute Gasteiger partial charge is 0.374 e. The molecule has 6 heteroatoms. The Morgan fingerprint density at radius 2 is 2.12 bits per heavy atom. The van der Waals surface area contributed by atoms with Gasteiger partial charge in [-0.15, -0.1) is 0 Å². The number of rotatable bonds is 4. The van der Waals surface area contributed by atoms with Gasteiger partial charge < -0.3 is 9.84 Å². The van der Waals surface area contributed by atoms with Crippen LogP contribution in [0.25, 0.3) is 0 Å². The van der Waals surface area contributed by atoms with Crippen molar-refractivity contribution in [2.45, 2.75) is 12.3 Å².